The van der Waals surface area contributed by atoms with Crippen LogP contribution in [0.3, 0.4) is 0 Å². The van der Waals surface area contributed by atoms with Gasteiger partial charge in [-0.15, -0.1) is 0 Å². The van der Waals surface area contributed by atoms with E-state index in [1.54, 1.807) is 40.1 Å². The number of benzene rings is 3. The van der Waals surface area contributed by atoms with E-state index >= 15 is 0 Å². The van der Waals surface area contributed by atoms with Crippen molar-refractivity contribution < 1.29 is 27.3 Å². The first-order chi connectivity index (χ1) is 19.0. The fourth-order valence-corrected chi connectivity index (χ4v) is 5.56. The number of hydrogen-bond acceptors (Lipinski definition) is 8. The van der Waals surface area contributed by atoms with Gasteiger partial charge in [0.15, 0.2) is 9.84 Å². The number of carbonyl (C=O) groups excluding carboxylic acids is 2. The smallest absolute Gasteiger partial charge is 0.275 e. The third-order valence-corrected chi connectivity index (χ3v) is 7.79. The molecule has 0 radical (unpaired) electrons. The van der Waals surface area contributed by atoms with E-state index in [1.165, 1.54) is 30.3 Å². The van der Waals surface area contributed by atoms with Gasteiger partial charge in [-0.3, -0.25) is 19.7 Å². The lowest BCUT2D eigenvalue weighted by Gasteiger charge is -2.38. The van der Waals surface area contributed by atoms with E-state index in [2.05, 4.69) is 5.32 Å². The zero-order chi connectivity index (χ0) is 29.0. The van der Waals surface area contributed by atoms with Gasteiger partial charge in [0.2, 0.25) is 11.8 Å². The minimum atomic E-state index is -3.70. The Hall–Kier alpha value is -4.52. The van der Waals surface area contributed by atoms with Crippen LogP contribution in [0, 0.1) is 15.9 Å². The van der Waals surface area contributed by atoms with E-state index in [0.717, 1.165) is 12.3 Å². The number of amides is 2. The van der Waals surface area contributed by atoms with Gasteiger partial charge in [-0.2, -0.15) is 0 Å². The van der Waals surface area contributed by atoms with Gasteiger partial charge in [0.25, 0.3) is 5.69 Å². The number of halogens is 1. The van der Waals surface area contributed by atoms with Gasteiger partial charge in [-0.1, -0.05) is 36.4 Å². The molecular formula is C27H28FN5O6S. The topological polar surface area (TPSA) is 156 Å². The number of nitrogen functional groups attached to an aromatic ring is 1. The summed E-state index contributed by atoms with van der Waals surface area (Å²) in [5, 5.41) is 14.1. The molecule has 1 aliphatic rings. The summed E-state index contributed by atoms with van der Waals surface area (Å²) in [5.41, 5.74) is 6.65. The van der Waals surface area contributed by atoms with E-state index < -0.39 is 44.9 Å². The first kappa shape index (κ1) is 28.5. The van der Waals surface area contributed by atoms with Gasteiger partial charge in [0.1, 0.15) is 11.9 Å². The third-order valence-electron chi connectivity index (χ3n) is 6.66. The van der Waals surface area contributed by atoms with Crippen LogP contribution in [0.2, 0.25) is 0 Å². The average molecular weight is 570 g/mol. The number of nitrogens with two attached hydrogens (primary N) is 1. The van der Waals surface area contributed by atoms with Gasteiger partial charge in [-0.05, 0) is 29.8 Å². The molecule has 2 amide bonds. The molecule has 1 atom stereocenters. The molecule has 1 aliphatic heterocycles. The fraction of sp³-hybridized carbons (Fsp3) is 0.259. The van der Waals surface area contributed by atoms with E-state index in [4.69, 9.17) is 5.73 Å². The number of nitro benzene ring substituents is 1. The molecule has 3 aromatic rings. The Morgan fingerprint density at radius 1 is 1.05 bits per heavy atom. The highest BCUT2D eigenvalue weighted by Crippen LogP contribution is 2.28. The molecule has 4 rings (SSSR count). The molecule has 0 bridgehead atoms. The molecular weight excluding hydrogens is 541 g/mol. The van der Waals surface area contributed by atoms with Crippen LogP contribution in [0.1, 0.15) is 17.2 Å². The first-order valence-electron chi connectivity index (χ1n) is 12.3. The normalized spacial score (nSPS) is 14.4. The Labute approximate surface area is 230 Å². The summed E-state index contributed by atoms with van der Waals surface area (Å²) in [6.07, 6.45) is 0.613. The van der Waals surface area contributed by atoms with Crippen molar-refractivity contribution in [2.24, 2.45) is 0 Å². The highest BCUT2D eigenvalue weighted by atomic mass is 32.2. The Balaban J connectivity index is 1.52. The lowest BCUT2D eigenvalue weighted by molar-refractivity contribution is -0.385. The monoisotopic (exact) mass is 569 g/mol. The van der Waals surface area contributed by atoms with Crippen molar-refractivity contribution in [3.05, 3.63) is 93.8 Å². The van der Waals surface area contributed by atoms with Crippen LogP contribution in [0.25, 0.3) is 0 Å². The summed E-state index contributed by atoms with van der Waals surface area (Å²) in [7, 11) is -3.70. The maximum absolute atomic E-state index is 13.8. The van der Waals surface area contributed by atoms with Crippen molar-refractivity contribution in [1.82, 2.24) is 10.2 Å². The number of sulfone groups is 1. The van der Waals surface area contributed by atoms with Gasteiger partial charge in [0, 0.05) is 44.2 Å². The summed E-state index contributed by atoms with van der Waals surface area (Å²) in [5.74, 6) is -1.68. The summed E-state index contributed by atoms with van der Waals surface area (Å²) in [4.78, 5) is 40.7. The standard InChI is InChI=1S/C27H28FN5O6S/c1-40(38,39)24-16-19(28)10-11-23(24)31-12-14-32(15-13-31)27(35)26(18-6-3-2-4-7-18)30-25(34)17-20-21(29)8-5-9-22(20)33(36)37/h2-11,16,26H,12-15,17,29H2,1H3,(H,30,34). The van der Waals surface area contributed by atoms with Crippen LogP contribution >= 0.6 is 0 Å². The van der Waals surface area contributed by atoms with Crippen molar-refractivity contribution in [2.45, 2.75) is 17.4 Å². The minimum Gasteiger partial charge on any atom is -0.398 e. The number of carbonyl (C=O) groups is 2. The SMILES string of the molecule is CS(=O)(=O)c1cc(F)ccc1N1CCN(C(=O)C(NC(=O)Cc2c(N)cccc2[N+](=O)[O-])c2ccccc2)CC1. The number of rotatable bonds is 8. The molecule has 3 N–H and O–H groups in total. The molecule has 1 fully saturated rings. The lowest BCUT2D eigenvalue weighted by atomic mass is 10.0. The Bertz CT molecular complexity index is 1540. The summed E-state index contributed by atoms with van der Waals surface area (Å²) < 4.78 is 38.3. The van der Waals surface area contributed by atoms with Crippen LogP contribution in [0.5, 0.6) is 0 Å². The maximum atomic E-state index is 13.8. The van der Waals surface area contributed by atoms with Crippen molar-refractivity contribution in [1.29, 1.82) is 0 Å². The quantitative estimate of drug-likeness (QED) is 0.238. The molecule has 210 valence electrons. The summed E-state index contributed by atoms with van der Waals surface area (Å²) >= 11 is 0. The van der Waals surface area contributed by atoms with E-state index in [1.807, 2.05) is 0 Å². The molecule has 40 heavy (non-hydrogen) atoms. The highest BCUT2D eigenvalue weighted by molar-refractivity contribution is 7.90. The molecule has 3 aromatic carbocycles. The Kier molecular flexibility index (Phi) is 8.33. The molecule has 1 saturated heterocycles. The van der Waals surface area contributed by atoms with Crippen molar-refractivity contribution in [2.75, 3.05) is 43.1 Å². The predicted molar refractivity (Wildman–Crippen MR) is 147 cm³/mol. The van der Waals surface area contributed by atoms with Crippen LogP contribution in [-0.4, -0.2) is 62.5 Å². The fourth-order valence-electron chi connectivity index (χ4n) is 4.66. The summed E-state index contributed by atoms with van der Waals surface area (Å²) in [6.45, 7) is 0.996. The number of nitrogens with zero attached hydrogens (tertiary/aromatic N) is 3. The van der Waals surface area contributed by atoms with E-state index in [-0.39, 0.29) is 48.0 Å². The predicted octanol–water partition coefficient (Wildman–Crippen LogP) is 2.47. The van der Waals surface area contributed by atoms with Crippen molar-refractivity contribution >= 4 is 38.7 Å². The molecule has 1 heterocycles. The van der Waals surface area contributed by atoms with Crippen molar-refractivity contribution in [3.8, 4) is 0 Å². The molecule has 13 heteroatoms. The largest absolute Gasteiger partial charge is 0.398 e. The molecule has 0 aliphatic carbocycles. The zero-order valence-corrected chi connectivity index (χ0v) is 22.4. The molecule has 0 aromatic heterocycles. The van der Waals surface area contributed by atoms with Gasteiger partial charge in [-0.25, -0.2) is 12.8 Å². The van der Waals surface area contributed by atoms with E-state index in [9.17, 15) is 32.5 Å². The number of piperazine rings is 1. The van der Waals surface area contributed by atoms with Gasteiger partial charge >= 0.3 is 0 Å². The van der Waals surface area contributed by atoms with Crippen molar-refractivity contribution in [3.63, 3.8) is 0 Å². The number of nitrogens with one attached hydrogen (secondary N) is 1. The van der Waals surface area contributed by atoms with Crippen LogP contribution in [-0.2, 0) is 25.8 Å². The van der Waals surface area contributed by atoms with Crippen LogP contribution in [0.15, 0.2) is 71.6 Å². The number of anilines is 2. The first-order valence-corrected chi connectivity index (χ1v) is 14.2. The third kappa shape index (κ3) is 6.37. The maximum Gasteiger partial charge on any atom is 0.275 e. The molecule has 11 nitrogen and oxygen atoms in total. The van der Waals surface area contributed by atoms with Crippen LogP contribution in [0.4, 0.5) is 21.5 Å². The molecule has 0 spiro atoms. The molecule has 0 saturated carbocycles. The Morgan fingerprint density at radius 2 is 1.73 bits per heavy atom. The zero-order valence-electron chi connectivity index (χ0n) is 21.6. The highest BCUT2D eigenvalue weighted by Gasteiger charge is 2.32. The lowest BCUT2D eigenvalue weighted by Crippen LogP contribution is -2.52. The second-order valence-corrected chi connectivity index (χ2v) is 11.4. The number of hydrogen-bond donors (Lipinski definition) is 2. The Morgan fingerprint density at radius 3 is 2.35 bits per heavy atom. The second-order valence-electron chi connectivity index (χ2n) is 9.39. The van der Waals surface area contributed by atoms with Gasteiger partial charge in [0.05, 0.1) is 27.5 Å². The average Bonchev–Trinajstić information content (AvgIpc) is 2.92. The van der Waals surface area contributed by atoms with Gasteiger partial charge < -0.3 is 20.9 Å². The van der Waals surface area contributed by atoms with E-state index in [0.29, 0.717) is 11.3 Å². The number of nitro groups is 1. The van der Waals surface area contributed by atoms with Crippen LogP contribution < -0.4 is 16.0 Å². The molecule has 1 unspecified atom stereocenters. The minimum absolute atomic E-state index is 0.0545. The second kappa shape index (κ2) is 11.7. The summed E-state index contributed by atoms with van der Waals surface area (Å²) in [6, 6.07) is 15.2.